The Labute approximate surface area is 133 Å². The van der Waals surface area contributed by atoms with Gasteiger partial charge in [-0.3, -0.25) is 4.98 Å². The molecule has 1 aliphatic rings. The number of anilines is 1. The van der Waals surface area contributed by atoms with Crippen LogP contribution in [-0.4, -0.2) is 36.1 Å². The fourth-order valence-corrected chi connectivity index (χ4v) is 3.31. The average molecular weight is 307 g/mol. The maximum Gasteiger partial charge on any atom is 0.340 e. The predicted octanol–water partition coefficient (Wildman–Crippen LogP) is 3.17. The standard InChI is InChI=1S/C18H17N3O2/c1-23-18(22)14-11-19-10-13-16(14)12-6-2-3-7-15(12)20-17(13)21-8-4-5-9-21/h2-3,6-7,10-11H,4-5,8-9H2,1H3. The molecule has 0 radical (unpaired) electrons. The molecule has 5 heteroatoms. The first-order valence-corrected chi connectivity index (χ1v) is 7.79. The van der Waals surface area contributed by atoms with Crippen LogP contribution in [0.15, 0.2) is 36.7 Å². The number of nitrogens with zero attached hydrogens (tertiary/aromatic N) is 3. The summed E-state index contributed by atoms with van der Waals surface area (Å²) in [6.45, 7) is 1.98. The minimum atomic E-state index is -0.369. The number of methoxy groups -OCH3 is 1. The van der Waals surface area contributed by atoms with E-state index < -0.39 is 0 Å². The number of carbonyl (C=O) groups is 1. The molecule has 1 aromatic carbocycles. The molecule has 23 heavy (non-hydrogen) atoms. The van der Waals surface area contributed by atoms with Crippen molar-refractivity contribution in [2.75, 3.05) is 25.1 Å². The van der Waals surface area contributed by atoms with E-state index in [1.165, 1.54) is 20.0 Å². The van der Waals surface area contributed by atoms with E-state index in [2.05, 4.69) is 9.88 Å². The summed E-state index contributed by atoms with van der Waals surface area (Å²) in [5.74, 6) is 0.543. The van der Waals surface area contributed by atoms with Crippen LogP contribution in [0.4, 0.5) is 5.82 Å². The Morgan fingerprint density at radius 3 is 2.70 bits per heavy atom. The van der Waals surface area contributed by atoms with Gasteiger partial charge in [0.2, 0.25) is 0 Å². The van der Waals surface area contributed by atoms with Gasteiger partial charge in [0.1, 0.15) is 5.82 Å². The fourth-order valence-electron chi connectivity index (χ4n) is 3.31. The van der Waals surface area contributed by atoms with Gasteiger partial charge in [0.15, 0.2) is 0 Å². The molecule has 0 unspecified atom stereocenters. The number of esters is 1. The summed E-state index contributed by atoms with van der Waals surface area (Å²) in [6, 6.07) is 7.90. The Kier molecular flexibility index (Phi) is 3.33. The van der Waals surface area contributed by atoms with Gasteiger partial charge < -0.3 is 9.64 Å². The number of ether oxygens (including phenoxy) is 1. The highest BCUT2D eigenvalue weighted by molar-refractivity contribution is 6.18. The van der Waals surface area contributed by atoms with Gasteiger partial charge in [-0.2, -0.15) is 0 Å². The number of hydrogen-bond acceptors (Lipinski definition) is 5. The van der Waals surface area contributed by atoms with Crippen LogP contribution in [0.5, 0.6) is 0 Å². The van der Waals surface area contributed by atoms with Crippen molar-refractivity contribution in [3.05, 3.63) is 42.2 Å². The molecule has 1 fully saturated rings. The number of carbonyl (C=O) groups excluding carboxylic acids is 1. The van der Waals surface area contributed by atoms with Gasteiger partial charge in [0.25, 0.3) is 0 Å². The number of pyridine rings is 2. The van der Waals surface area contributed by atoms with Crippen molar-refractivity contribution in [2.45, 2.75) is 12.8 Å². The normalized spacial score (nSPS) is 14.6. The molecule has 0 atom stereocenters. The van der Waals surface area contributed by atoms with Crippen LogP contribution in [-0.2, 0) is 4.74 Å². The third-order valence-corrected chi connectivity index (χ3v) is 4.40. The summed E-state index contributed by atoms with van der Waals surface area (Å²) in [4.78, 5) is 23.6. The molecule has 1 aliphatic heterocycles. The molecule has 1 saturated heterocycles. The summed E-state index contributed by atoms with van der Waals surface area (Å²) >= 11 is 0. The number of fused-ring (bicyclic) bond motifs is 3. The summed E-state index contributed by atoms with van der Waals surface area (Å²) in [6.07, 6.45) is 5.71. The van der Waals surface area contributed by atoms with Crippen molar-refractivity contribution in [1.82, 2.24) is 9.97 Å². The molecule has 3 heterocycles. The number of rotatable bonds is 2. The van der Waals surface area contributed by atoms with Crippen molar-refractivity contribution >= 4 is 33.5 Å². The van der Waals surface area contributed by atoms with Gasteiger partial charge >= 0.3 is 5.97 Å². The Morgan fingerprint density at radius 2 is 1.91 bits per heavy atom. The molecule has 3 aromatic rings. The smallest absolute Gasteiger partial charge is 0.340 e. The van der Waals surface area contributed by atoms with E-state index in [1.54, 1.807) is 12.4 Å². The largest absolute Gasteiger partial charge is 0.465 e. The number of para-hydroxylation sites is 1. The van der Waals surface area contributed by atoms with Crippen LogP contribution >= 0.6 is 0 Å². The monoisotopic (exact) mass is 307 g/mol. The summed E-state index contributed by atoms with van der Waals surface area (Å²) < 4.78 is 4.95. The maximum atomic E-state index is 12.2. The van der Waals surface area contributed by atoms with Gasteiger partial charge in [-0.05, 0) is 18.9 Å². The molecular weight excluding hydrogens is 290 g/mol. The van der Waals surface area contributed by atoms with Gasteiger partial charge in [-0.15, -0.1) is 0 Å². The minimum absolute atomic E-state index is 0.369. The third-order valence-electron chi connectivity index (χ3n) is 4.40. The number of hydrogen-bond donors (Lipinski definition) is 0. The number of benzene rings is 1. The predicted molar refractivity (Wildman–Crippen MR) is 89.8 cm³/mol. The topological polar surface area (TPSA) is 55.3 Å². The quantitative estimate of drug-likeness (QED) is 0.537. The molecule has 0 saturated carbocycles. The SMILES string of the molecule is COC(=O)c1cncc2c(N3CCCC3)nc3ccccc3c12. The van der Waals surface area contributed by atoms with Crippen LogP contribution in [0.2, 0.25) is 0 Å². The Bertz CT molecular complexity index is 901. The second-order valence-electron chi connectivity index (χ2n) is 5.75. The van der Waals surface area contributed by atoms with E-state index in [-0.39, 0.29) is 5.97 Å². The molecule has 0 spiro atoms. The van der Waals surface area contributed by atoms with Crippen LogP contribution in [0.3, 0.4) is 0 Å². The minimum Gasteiger partial charge on any atom is -0.465 e. The molecule has 2 aromatic heterocycles. The Balaban J connectivity index is 2.12. The van der Waals surface area contributed by atoms with Gasteiger partial charge in [0, 0.05) is 41.6 Å². The molecule has 116 valence electrons. The van der Waals surface area contributed by atoms with E-state index in [0.29, 0.717) is 5.56 Å². The molecule has 0 bridgehead atoms. The van der Waals surface area contributed by atoms with Crippen LogP contribution in [0.25, 0.3) is 21.7 Å². The first-order valence-electron chi connectivity index (χ1n) is 7.79. The molecule has 4 rings (SSSR count). The highest BCUT2D eigenvalue weighted by Crippen LogP contribution is 2.34. The highest BCUT2D eigenvalue weighted by atomic mass is 16.5. The lowest BCUT2D eigenvalue weighted by Gasteiger charge is -2.20. The molecular formula is C18H17N3O2. The summed E-state index contributed by atoms with van der Waals surface area (Å²) in [7, 11) is 1.39. The molecule has 0 aliphatic carbocycles. The van der Waals surface area contributed by atoms with Crippen molar-refractivity contribution < 1.29 is 9.53 Å². The summed E-state index contributed by atoms with van der Waals surface area (Å²) in [5.41, 5.74) is 1.38. The zero-order chi connectivity index (χ0) is 15.8. The Morgan fingerprint density at radius 1 is 1.13 bits per heavy atom. The van der Waals surface area contributed by atoms with E-state index in [4.69, 9.17) is 9.72 Å². The van der Waals surface area contributed by atoms with Crippen molar-refractivity contribution in [3.63, 3.8) is 0 Å². The van der Waals surface area contributed by atoms with Gasteiger partial charge in [-0.1, -0.05) is 18.2 Å². The maximum absolute atomic E-state index is 12.2. The highest BCUT2D eigenvalue weighted by Gasteiger charge is 2.21. The molecule has 0 N–H and O–H groups in total. The van der Waals surface area contributed by atoms with E-state index in [1.807, 2.05) is 24.3 Å². The molecule has 0 amide bonds. The second kappa shape index (κ2) is 5.50. The van der Waals surface area contributed by atoms with Crippen molar-refractivity contribution in [2.24, 2.45) is 0 Å². The van der Waals surface area contributed by atoms with E-state index in [9.17, 15) is 4.79 Å². The first kappa shape index (κ1) is 13.9. The lowest BCUT2D eigenvalue weighted by Crippen LogP contribution is -2.19. The zero-order valence-corrected chi connectivity index (χ0v) is 13.0. The zero-order valence-electron chi connectivity index (χ0n) is 13.0. The lowest BCUT2D eigenvalue weighted by molar-refractivity contribution is 0.0602. The van der Waals surface area contributed by atoms with Crippen LogP contribution < -0.4 is 4.90 Å². The molecule has 5 nitrogen and oxygen atoms in total. The lowest BCUT2D eigenvalue weighted by atomic mass is 10.0. The van der Waals surface area contributed by atoms with Crippen molar-refractivity contribution in [3.8, 4) is 0 Å². The fraction of sp³-hybridized carbons (Fsp3) is 0.278. The van der Waals surface area contributed by atoms with Crippen LogP contribution in [0.1, 0.15) is 23.2 Å². The third kappa shape index (κ3) is 2.20. The average Bonchev–Trinajstić information content (AvgIpc) is 3.14. The van der Waals surface area contributed by atoms with Gasteiger partial charge in [0.05, 0.1) is 18.2 Å². The van der Waals surface area contributed by atoms with Crippen molar-refractivity contribution in [1.29, 1.82) is 0 Å². The van der Waals surface area contributed by atoms with E-state index in [0.717, 1.165) is 40.6 Å². The Hall–Kier alpha value is -2.69. The summed E-state index contributed by atoms with van der Waals surface area (Å²) in [5, 5.41) is 2.74. The van der Waals surface area contributed by atoms with Gasteiger partial charge in [-0.25, -0.2) is 9.78 Å². The number of aromatic nitrogens is 2. The first-order chi connectivity index (χ1) is 11.3. The second-order valence-corrected chi connectivity index (χ2v) is 5.75. The van der Waals surface area contributed by atoms with E-state index >= 15 is 0 Å². The van der Waals surface area contributed by atoms with Crippen LogP contribution in [0, 0.1) is 0 Å².